The van der Waals surface area contributed by atoms with Gasteiger partial charge in [0.25, 0.3) is 10.0 Å². The fraction of sp³-hybridized carbons (Fsp3) is 0.333. The highest BCUT2D eigenvalue weighted by molar-refractivity contribution is 9.10. The summed E-state index contributed by atoms with van der Waals surface area (Å²) in [6, 6.07) is 22.0. The minimum absolute atomic E-state index is 0.0903. The minimum Gasteiger partial charge on any atom is -0.352 e. The van der Waals surface area contributed by atoms with Crippen LogP contribution in [0, 0.1) is 6.92 Å². The molecule has 0 aromatic heterocycles. The zero-order chi connectivity index (χ0) is 28.0. The van der Waals surface area contributed by atoms with E-state index in [1.54, 1.807) is 37.3 Å². The van der Waals surface area contributed by atoms with Crippen LogP contribution in [0.25, 0.3) is 0 Å². The van der Waals surface area contributed by atoms with E-state index in [0.29, 0.717) is 5.69 Å². The maximum absolute atomic E-state index is 14.0. The third kappa shape index (κ3) is 7.08. The van der Waals surface area contributed by atoms with Crippen molar-refractivity contribution in [3.63, 3.8) is 0 Å². The van der Waals surface area contributed by atoms with Gasteiger partial charge < -0.3 is 10.2 Å². The Morgan fingerprint density at radius 3 is 2.21 bits per heavy atom. The lowest BCUT2D eigenvalue weighted by atomic mass is 10.1. The van der Waals surface area contributed by atoms with Crippen molar-refractivity contribution in [2.45, 2.75) is 63.1 Å². The van der Waals surface area contributed by atoms with Gasteiger partial charge >= 0.3 is 0 Å². The zero-order valence-corrected chi connectivity index (χ0v) is 24.6. The van der Waals surface area contributed by atoms with Crippen molar-refractivity contribution in [2.75, 3.05) is 10.8 Å². The van der Waals surface area contributed by atoms with Gasteiger partial charge in [0, 0.05) is 17.1 Å². The molecule has 1 atom stereocenters. The van der Waals surface area contributed by atoms with Crippen LogP contribution in [0.5, 0.6) is 0 Å². The highest BCUT2D eigenvalue weighted by atomic mass is 79.9. The number of amides is 2. The molecule has 0 radical (unpaired) electrons. The predicted molar refractivity (Wildman–Crippen MR) is 157 cm³/mol. The normalized spacial score (nSPS) is 14.5. The van der Waals surface area contributed by atoms with Gasteiger partial charge in [-0.05, 0) is 68.1 Å². The number of rotatable bonds is 10. The molecule has 0 heterocycles. The van der Waals surface area contributed by atoms with E-state index >= 15 is 0 Å². The van der Waals surface area contributed by atoms with E-state index in [1.807, 2.05) is 43.3 Å². The van der Waals surface area contributed by atoms with Crippen molar-refractivity contribution < 1.29 is 18.0 Å². The van der Waals surface area contributed by atoms with Crippen LogP contribution in [0.3, 0.4) is 0 Å². The molecule has 2 amide bonds. The second kappa shape index (κ2) is 12.8. The summed E-state index contributed by atoms with van der Waals surface area (Å²) in [5.41, 5.74) is 1.97. The van der Waals surface area contributed by atoms with Crippen molar-refractivity contribution >= 4 is 43.5 Å². The first-order valence-electron chi connectivity index (χ1n) is 13.1. The molecule has 0 unspecified atom stereocenters. The Labute approximate surface area is 239 Å². The van der Waals surface area contributed by atoms with Crippen LogP contribution in [0.2, 0.25) is 0 Å². The van der Waals surface area contributed by atoms with E-state index in [9.17, 15) is 18.0 Å². The summed E-state index contributed by atoms with van der Waals surface area (Å²) in [4.78, 5) is 28.8. The third-order valence-corrected chi connectivity index (χ3v) is 9.43. The Bertz CT molecular complexity index is 1390. The Balaban J connectivity index is 1.68. The first-order valence-corrected chi connectivity index (χ1v) is 15.4. The number of para-hydroxylation sites is 1. The molecular weight excluding hydrogens is 578 g/mol. The van der Waals surface area contributed by atoms with E-state index < -0.39 is 28.5 Å². The van der Waals surface area contributed by atoms with Crippen molar-refractivity contribution in [3.05, 3.63) is 94.5 Å². The molecule has 39 heavy (non-hydrogen) atoms. The Kier molecular flexibility index (Phi) is 9.45. The van der Waals surface area contributed by atoms with Crippen molar-refractivity contribution in [2.24, 2.45) is 0 Å². The number of halogens is 1. The average Bonchev–Trinajstić information content (AvgIpc) is 3.45. The molecule has 0 saturated heterocycles. The number of carbonyl (C=O) groups is 2. The number of hydrogen-bond donors (Lipinski definition) is 1. The van der Waals surface area contributed by atoms with Gasteiger partial charge in [-0.1, -0.05) is 77.3 Å². The van der Waals surface area contributed by atoms with Crippen LogP contribution in [-0.2, 0) is 26.2 Å². The van der Waals surface area contributed by atoms with E-state index in [-0.39, 0.29) is 23.4 Å². The standard InChI is InChI=1S/C30H34BrN3O4S/c1-22-10-6-9-15-28(22)34(39(37,38)27-13-4-3-5-14-27)21-29(35)33(20-24-16-18-25(31)19-17-24)23(2)30(36)32-26-11-7-8-12-26/h3-6,9-10,13-19,23,26H,7-8,11-12,20-21H2,1-2H3,(H,32,36)/t23-/m1/s1. The maximum Gasteiger partial charge on any atom is 0.264 e. The molecule has 3 aromatic rings. The summed E-state index contributed by atoms with van der Waals surface area (Å²) >= 11 is 3.43. The number of hydrogen-bond acceptors (Lipinski definition) is 4. The highest BCUT2D eigenvalue weighted by Gasteiger charge is 2.33. The predicted octanol–water partition coefficient (Wildman–Crippen LogP) is 5.43. The molecule has 9 heteroatoms. The molecule has 1 saturated carbocycles. The fourth-order valence-corrected chi connectivity index (χ4v) is 6.60. The first kappa shape index (κ1) is 28.8. The van der Waals surface area contributed by atoms with Crippen LogP contribution in [-0.4, -0.2) is 43.8 Å². The third-order valence-electron chi connectivity index (χ3n) is 7.13. The molecule has 1 aliphatic carbocycles. The molecule has 0 spiro atoms. The number of aryl methyl sites for hydroxylation is 1. The molecule has 1 fully saturated rings. The van der Waals surface area contributed by atoms with Gasteiger partial charge in [-0.2, -0.15) is 0 Å². The van der Waals surface area contributed by atoms with Gasteiger partial charge in [0.2, 0.25) is 11.8 Å². The molecule has 0 aliphatic heterocycles. The Hall–Kier alpha value is -3.17. The maximum atomic E-state index is 14.0. The highest BCUT2D eigenvalue weighted by Crippen LogP contribution is 2.27. The van der Waals surface area contributed by atoms with Crippen molar-refractivity contribution in [1.82, 2.24) is 10.2 Å². The lowest BCUT2D eigenvalue weighted by Gasteiger charge is -2.33. The van der Waals surface area contributed by atoms with Crippen LogP contribution in [0.15, 0.2) is 88.2 Å². The number of anilines is 1. The van der Waals surface area contributed by atoms with Crippen LogP contribution in [0.1, 0.15) is 43.7 Å². The number of sulfonamides is 1. The Morgan fingerprint density at radius 1 is 0.949 bits per heavy atom. The fourth-order valence-electron chi connectivity index (χ4n) is 4.84. The first-order chi connectivity index (χ1) is 18.7. The number of nitrogens with zero attached hydrogens (tertiary/aromatic N) is 2. The van der Waals surface area contributed by atoms with Gasteiger partial charge in [-0.15, -0.1) is 0 Å². The Morgan fingerprint density at radius 2 is 1.56 bits per heavy atom. The molecule has 3 aromatic carbocycles. The lowest BCUT2D eigenvalue weighted by molar-refractivity contribution is -0.139. The van der Waals surface area contributed by atoms with Crippen molar-refractivity contribution in [1.29, 1.82) is 0 Å². The molecule has 7 nitrogen and oxygen atoms in total. The topological polar surface area (TPSA) is 86.8 Å². The largest absolute Gasteiger partial charge is 0.352 e. The summed E-state index contributed by atoms with van der Waals surface area (Å²) < 4.78 is 29.7. The monoisotopic (exact) mass is 611 g/mol. The van der Waals surface area contributed by atoms with Gasteiger partial charge in [0.05, 0.1) is 10.6 Å². The van der Waals surface area contributed by atoms with Gasteiger partial charge in [0.1, 0.15) is 12.6 Å². The zero-order valence-electron chi connectivity index (χ0n) is 22.2. The second-order valence-corrected chi connectivity index (χ2v) is 12.7. The summed E-state index contributed by atoms with van der Waals surface area (Å²) in [6.45, 7) is 3.23. The van der Waals surface area contributed by atoms with E-state index in [0.717, 1.165) is 45.6 Å². The molecule has 1 aliphatic rings. The number of nitrogens with one attached hydrogen (secondary N) is 1. The average molecular weight is 613 g/mol. The summed E-state index contributed by atoms with van der Waals surface area (Å²) in [5.74, 6) is -0.699. The summed E-state index contributed by atoms with van der Waals surface area (Å²) in [6.07, 6.45) is 4.00. The quantitative estimate of drug-likeness (QED) is 0.331. The van der Waals surface area contributed by atoms with Gasteiger partial charge in [-0.25, -0.2) is 8.42 Å². The van der Waals surface area contributed by atoms with Crippen LogP contribution < -0.4 is 9.62 Å². The van der Waals surface area contributed by atoms with E-state index in [4.69, 9.17) is 0 Å². The van der Waals surface area contributed by atoms with E-state index in [2.05, 4.69) is 21.2 Å². The second-order valence-electron chi connectivity index (χ2n) is 9.93. The molecular formula is C30H34BrN3O4S. The lowest BCUT2D eigenvalue weighted by Crippen LogP contribution is -2.52. The minimum atomic E-state index is -4.07. The number of carbonyl (C=O) groups excluding carboxylic acids is 2. The molecule has 1 N–H and O–H groups in total. The molecule has 206 valence electrons. The summed E-state index contributed by atoms with van der Waals surface area (Å²) in [5, 5.41) is 3.09. The van der Waals surface area contributed by atoms with E-state index in [1.165, 1.54) is 17.0 Å². The van der Waals surface area contributed by atoms with Gasteiger partial charge in [0.15, 0.2) is 0 Å². The van der Waals surface area contributed by atoms with Crippen LogP contribution in [0.4, 0.5) is 5.69 Å². The number of benzene rings is 3. The smallest absolute Gasteiger partial charge is 0.264 e. The van der Waals surface area contributed by atoms with Crippen molar-refractivity contribution in [3.8, 4) is 0 Å². The SMILES string of the molecule is Cc1ccccc1N(CC(=O)N(Cc1ccc(Br)cc1)[C@H](C)C(=O)NC1CCCC1)S(=O)(=O)c1ccccc1. The molecule has 0 bridgehead atoms. The molecule has 4 rings (SSSR count). The summed E-state index contributed by atoms with van der Waals surface area (Å²) in [7, 11) is -4.07. The van der Waals surface area contributed by atoms with Crippen LogP contribution >= 0.6 is 15.9 Å². The van der Waals surface area contributed by atoms with Gasteiger partial charge in [-0.3, -0.25) is 13.9 Å².